The van der Waals surface area contributed by atoms with Crippen LogP contribution in [0.4, 0.5) is 0 Å². The van der Waals surface area contributed by atoms with Crippen molar-refractivity contribution in [2.45, 2.75) is 13.0 Å². The quantitative estimate of drug-likeness (QED) is 0.708. The number of pyridine rings is 1. The Labute approximate surface area is 77.5 Å². The van der Waals surface area contributed by atoms with Gasteiger partial charge in [-0.15, -0.1) is 0 Å². The average molecular weight is 176 g/mol. The molecule has 0 saturated heterocycles. The Morgan fingerprint density at radius 2 is 2.46 bits per heavy atom. The van der Waals surface area contributed by atoms with Crippen molar-refractivity contribution >= 4 is 5.91 Å². The minimum atomic E-state index is -0.182. The average Bonchev–Trinajstić information content (AvgIpc) is 2.19. The number of hydrogen-bond donors (Lipinski definition) is 1. The van der Waals surface area contributed by atoms with Crippen molar-refractivity contribution in [2.24, 2.45) is 0 Å². The van der Waals surface area contributed by atoms with E-state index < -0.39 is 0 Å². The van der Waals surface area contributed by atoms with Crippen LogP contribution in [0.2, 0.25) is 0 Å². The summed E-state index contributed by atoms with van der Waals surface area (Å²) in [5, 5.41) is 2.73. The zero-order valence-corrected chi connectivity index (χ0v) is 7.53. The molecular weight excluding hydrogens is 164 g/mol. The molecule has 1 rings (SSSR count). The summed E-state index contributed by atoms with van der Waals surface area (Å²) in [6.45, 7) is 5.25. The highest BCUT2D eigenvalue weighted by atomic mass is 16.1. The van der Waals surface area contributed by atoms with Gasteiger partial charge in [-0.1, -0.05) is 12.6 Å². The van der Waals surface area contributed by atoms with Gasteiger partial charge < -0.3 is 5.32 Å². The van der Waals surface area contributed by atoms with Gasteiger partial charge in [0.2, 0.25) is 5.91 Å². The smallest absolute Gasteiger partial charge is 0.243 e. The van der Waals surface area contributed by atoms with Gasteiger partial charge in [0.15, 0.2) is 0 Å². The van der Waals surface area contributed by atoms with Crippen LogP contribution in [-0.4, -0.2) is 10.9 Å². The second-order valence-electron chi connectivity index (χ2n) is 2.69. The summed E-state index contributed by atoms with van der Waals surface area (Å²) >= 11 is 0. The van der Waals surface area contributed by atoms with E-state index in [1.165, 1.54) is 6.08 Å². The fraction of sp³-hybridized carbons (Fsp3) is 0.200. The van der Waals surface area contributed by atoms with Crippen molar-refractivity contribution in [1.82, 2.24) is 10.3 Å². The minimum Gasteiger partial charge on any atom is -0.344 e. The molecule has 0 aromatic carbocycles. The maximum atomic E-state index is 10.9. The monoisotopic (exact) mass is 176 g/mol. The fourth-order valence-electron chi connectivity index (χ4n) is 0.978. The molecule has 13 heavy (non-hydrogen) atoms. The van der Waals surface area contributed by atoms with Crippen LogP contribution in [-0.2, 0) is 4.79 Å². The predicted octanol–water partition coefficient (Wildman–Crippen LogP) is 1.44. The predicted molar refractivity (Wildman–Crippen MR) is 51.0 cm³/mol. The number of amides is 1. The van der Waals surface area contributed by atoms with Crippen LogP contribution >= 0.6 is 0 Å². The van der Waals surface area contributed by atoms with Gasteiger partial charge in [-0.3, -0.25) is 9.78 Å². The third-order valence-corrected chi connectivity index (χ3v) is 1.68. The van der Waals surface area contributed by atoms with E-state index in [1.54, 1.807) is 6.20 Å². The summed E-state index contributed by atoms with van der Waals surface area (Å²) in [4.78, 5) is 15.1. The van der Waals surface area contributed by atoms with Crippen molar-refractivity contribution in [3.05, 3.63) is 42.7 Å². The number of aromatic nitrogens is 1. The molecule has 0 bridgehead atoms. The van der Waals surface area contributed by atoms with Crippen LogP contribution in [0.15, 0.2) is 37.1 Å². The molecule has 1 heterocycles. The number of nitrogens with one attached hydrogen (secondary N) is 1. The Morgan fingerprint density at radius 3 is 3.00 bits per heavy atom. The van der Waals surface area contributed by atoms with Crippen LogP contribution in [0.3, 0.4) is 0 Å². The first-order valence-electron chi connectivity index (χ1n) is 4.08. The number of rotatable bonds is 3. The summed E-state index contributed by atoms with van der Waals surface area (Å²) in [6.07, 6.45) is 2.95. The summed E-state index contributed by atoms with van der Waals surface area (Å²) in [7, 11) is 0. The van der Waals surface area contributed by atoms with Crippen molar-refractivity contribution < 1.29 is 4.79 Å². The van der Waals surface area contributed by atoms with Gasteiger partial charge in [-0.25, -0.2) is 0 Å². The molecule has 1 aromatic rings. The molecule has 0 spiro atoms. The van der Waals surface area contributed by atoms with E-state index in [1.807, 2.05) is 25.1 Å². The highest BCUT2D eigenvalue weighted by Crippen LogP contribution is 2.06. The fourth-order valence-corrected chi connectivity index (χ4v) is 0.978. The third kappa shape index (κ3) is 2.71. The number of carbonyl (C=O) groups excluding carboxylic acids is 1. The number of nitrogens with zero attached hydrogens (tertiary/aromatic N) is 1. The second kappa shape index (κ2) is 4.40. The van der Waals surface area contributed by atoms with E-state index in [0.717, 1.165) is 5.69 Å². The number of carbonyl (C=O) groups is 1. The van der Waals surface area contributed by atoms with E-state index in [4.69, 9.17) is 0 Å². The van der Waals surface area contributed by atoms with Gasteiger partial charge in [-0.2, -0.15) is 0 Å². The molecule has 0 radical (unpaired) electrons. The van der Waals surface area contributed by atoms with Gasteiger partial charge >= 0.3 is 0 Å². The van der Waals surface area contributed by atoms with Gasteiger partial charge in [-0.05, 0) is 25.1 Å². The SMILES string of the molecule is C=CC(=O)N[C@@H](C)c1ccccn1. The topological polar surface area (TPSA) is 42.0 Å². The molecule has 0 fully saturated rings. The standard InChI is InChI=1S/C10H12N2O/c1-3-10(13)12-8(2)9-6-4-5-7-11-9/h3-8H,1H2,2H3,(H,12,13)/t8-/m0/s1. The van der Waals surface area contributed by atoms with Crippen molar-refractivity contribution in [3.63, 3.8) is 0 Å². The van der Waals surface area contributed by atoms with E-state index in [9.17, 15) is 4.79 Å². The molecule has 68 valence electrons. The highest BCUT2D eigenvalue weighted by Gasteiger charge is 2.06. The molecule has 0 saturated carbocycles. The molecule has 0 aliphatic carbocycles. The molecule has 1 aromatic heterocycles. The second-order valence-corrected chi connectivity index (χ2v) is 2.69. The Balaban J connectivity index is 2.63. The molecule has 1 atom stereocenters. The third-order valence-electron chi connectivity index (χ3n) is 1.68. The van der Waals surface area contributed by atoms with E-state index in [2.05, 4.69) is 16.9 Å². The molecular formula is C10H12N2O. The van der Waals surface area contributed by atoms with Crippen LogP contribution in [0, 0.1) is 0 Å². The summed E-state index contributed by atoms with van der Waals surface area (Å²) in [5.41, 5.74) is 0.845. The Hall–Kier alpha value is -1.64. The molecule has 1 amide bonds. The Kier molecular flexibility index (Phi) is 3.20. The van der Waals surface area contributed by atoms with E-state index in [-0.39, 0.29) is 11.9 Å². The molecule has 1 N–H and O–H groups in total. The maximum Gasteiger partial charge on any atom is 0.243 e. The van der Waals surface area contributed by atoms with Crippen molar-refractivity contribution in [2.75, 3.05) is 0 Å². The first-order valence-corrected chi connectivity index (χ1v) is 4.08. The molecule has 0 aliphatic heterocycles. The summed E-state index contributed by atoms with van der Waals surface area (Å²) < 4.78 is 0. The Morgan fingerprint density at radius 1 is 1.69 bits per heavy atom. The van der Waals surface area contributed by atoms with Crippen molar-refractivity contribution in [1.29, 1.82) is 0 Å². The molecule has 3 nitrogen and oxygen atoms in total. The normalized spacial score (nSPS) is 11.8. The lowest BCUT2D eigenvalue weighted by molar-refractivity contribution is -0.117. The van der Waals surface area contributed by atoms with Crippen molar-refractivity contribution in [3.8, 4) is 0 Å². The lowest BCUT2D eigenvalue weighted by Gasteiger charge is -2.10. The lowest BCUT2D eigenvalue weighted by atomic mass is 10.2. The first-order chi connectivity index (χ1) is 6.24. The molecule has 0 aliphatic rings. The summed E-state index contributed by atoms with van der Waals surface area (Å²) in [6, 6.07) is 5.52. The first kappa shape index (κ1) is 9.45. The van der Waals surface area contributed by atoms with Gasteiger partial charge in [0.05, 0.1) is 11.7 Å². The van der Waals surface area contributed by atoms with Crippen LogP contribution < -0.4 is 5.32 Å². The number of hydrogen-bond acceptors (Lipinski definition) is 2. The largest absolute Gasteiger partial charge is 0.344 e. The molecule has 0 unspecified atom stereocenters. The maximum absolute atomic E-state index is 10.9. The van der Waals surface area contributed by atoms with Gasteiger partial charge in [0.1, 0.15) is 0 Å². The Bertz CT molecular complexity index is 295. The minimum absolute atomic E-state index is 0.0771. The van der Waals surface area contributed by atoms with Gasteiger partial charge in [0, 0.05) is 6.20 Å². The van der Waals surface area contributed by atoms with Crippen LogP contribution in [0.5, 0.6) is 0 Å². The molecule has 3 heteroatoms. The van der Waals surface area contributed by atoms with Crippen LogP contribution in [0.1, 0.15) is 18.7 Å². The lowest BCUT2D eigenvalue weighted by Crippen LogP contribution is -2.24. The van der Waals surface area contributed by atoms with E-state index >= 15 is 0 Å². The zero-order chi connectivity index (χ0) is 9.68. The zero-order valence-electron chi connectivity index (χ0n) is 7.53. The summed E-state index contributed by atoms with van der Waals surface area (Å²) in [5.74, 6) is -0.182. The van der Waals surface area contributed by atoms with E-state index in [0.29, 0.717) is 0 Å². The van der Waals surface area contributed by atoms with Gasteiger partial charge in [0.25, 0.3) is 0 Å². The van der Waals surface area contributed by atoms with Crippen LogP contribution in [0.25, 0.3) is 0 Å². The highest BCUT2D eigenvalue weighted by molar-refractivity contribution is 5.87.